The number of aliphatic hydroxyl groups is 1. The van der Waals surface area contributed by atoms with Gasteiger partial charge in [0.25, 0.3) is 10.1 Å². The van der Waals surface area contributed by atoms with Gasteiger partial charge in [-0.15, -0.1) is 0 Å². The van der Waals surface area contributed by atoms with E-state index in [-0.39, 0.29) is 28.1 Å². The maximum absolute atomic E-state index is 12.4. The molecule has 1 fully saturated rings. The van der Waals surface area contributed by atoms with Crippen LogP contribution in [0.1, 0.15) is 142 Å². The second-order valence-electron chi connectivity index (χ2n) is 17.4. The first-order valence-electron chi connectivity index (χ1n) is 15.4. The average molecular weight is 559 g/mol. The Morgan fingerprint density at radius 1 is 0.605 bits per heavy atom. The average Bonchev–Trinajstić information content (AvgIpc) is 2.62. The Labute approximate surface area is 238 Å². The summed E-state index contributed by atoms with van der Waals surface area (Å²) in [4.78, 5) is 0. The molecule has 5 atom stereocenters. The lowest BCUT2D eigenvalue weighted by Gasteiger charge is -2.59. The van der Waals surface area contributed by atoms with Crippen molar-refractivity contribution in [3.63, 3.8) is 0 Å². The fourth-order valence-electron chi connectivity index (χ4n) is 9.19. The zero-order valence-corrected chi connectivity index (χ0v) is 28.7. The molecule has 1 aliphatic carbocycles. The lowest BCUT2D eigenvalue weighted by molar-refractivity contribution is -0.142. The molecule has 0 heterocycles. The summed E-state index contributed by atoms with van der Waals surface area (Å²) >= 11 is 0. The van der Waals surface area contributed by atoms with E-state index < -0.39 is 20.5 Å². The van der Waals surface area contributed by atoms with E-state index in [1.165, 1.54) is 0 Å². The van der Waals surface area contributed by atoms with Gasteiger partial charge in [0.1, 0.15) is 0 Å². The minimum atomic E-state index is -4.19. The van der Waals surface area contributed by atoms with Crippen molar-refractivity contribution in [3.05, 3.63) is 0 Å². The molecule has 228 valence electrons. The molecule has 38 heavy (non-hydrogen) atoms. The van der Waals surface area contributed by atoms with E-state index in [4.69, 9.17) is 0 Å². The van der Waals surface area contributed by atoms with Gasteiger partial charge in [0.2, 0.25) is 0 Å². The molecular formula is C33H66O4S. The van der Waals surface area contributed by atoms with Crippen LogP contribution in [0.15, 0.2) is 0 Å². The second-order valence-corrected chi connectivity index (χ2v) is 19.5. The molecule has 1 rings (SSSR count). The minimum absolute atomic E-state index is 0.0393. The van der Waals surface area contributed by atoms with Crippen molar-refractivity contribution in [2.45, 2.75) is 153 Å². The summed E-state index contributed by atoms with van der Waals surface area (Å²) in [6.07, 6.45) is 5.29. The quantitative estimate of drug-likeness (QED) is 0.221. The van der Waals surface area contributed by atoms with E-state index in [2.05, 4.69) is 90.0 Å². The van der Waals surface area contributed by atoms with Gasteiger partial charge < -0.3 is 5.11 Å². The molecule has 2 N–H and O–H groups in total. The highest BCUT2D eigenvalue weighted by Crippen LogP contribution is 2.61. The van der Waals surface area contributed by atoms with Gasteiger partial charge in [-0.1, -0.05) is 83.1 Å². The maximum atomic E-state index is 12.4. The smallest absolute Gasteiger partial charge is 0.270 e. The fraction of sp³-hybridized carbons (Fsp3) is 1.00. The predicted molar refractivity (Wildman–Crippen MR) is 164 cm³/mol. The fourth-order valence-corrected chi connectivity index (χ4v) is 9.74. The predicted octanol–water partition coefficient (Wildman–Crippen LogP) is 9.27. The van der Waals surface area contributed by atoms with Gasteiger partial charge >= 0.3 is 0 Å². The van der Waals surface area contributed by atoms with Crippen molar-refractivity contribution in [3.8, 4) is 0 Å². The Balaban J connectivity index is 3.80. The molecule has 0 aliphatic heterocycles. The van der Waals surface area contributed by atoms with E-state index in [9.17, 15) is 18.1 Å². The van der Waals surface area contributed by atoms with Gasteiger partial charge in [0.05, 0.1) is 10.3 Å². The van der Waals surface area contributed by atoms with E-state index in [1.807, 2.05) is 0 Å². The Bertz CT molecular complexity index is 861. The van der Waals surface area contributed by atoms with Gasteiger partial charge in [-0.3, -0.25) is 4.55 Å². The Hall–Kier alpha value is -0.130. The monoisotopic (exact) mass is 558 g/mol. The molecule has 4 nitrogen and oxygen atoms in total. The topological polar surface area (TPSA) is 74.6 Å². The van der Waals surface area contributed by atoms with Crippen molar-refractivity contribution >= 4 is 10.1 Å². The van der Waals surface area contributed by atoms with E-state index in [0.717, 1.165) is 32.1 Å². The summed E-state index contributed by atoms with van der Waals surface area (Å²) in [5.74, 6) is 2.63. The summed E-state index contributed by atoms with van der Waals surface area (Å²) in [6.45, 7) is 33.0. The zero-order chi connectivity index (χ0) is 30.3. The standard InChI is InChI=1S/C33H66O4S/c1-22(2)18-29(7,8)25-17-28(33(15,34)20-24(5)6)27(30(9,10)19-23(3)4)16-26(25)31(11,12)21-32(13,14)38(35,36)37/h22-28,34H,16-21H2,1-15H3,(H,35,36,37). The first-order chi connectivity index (χ1) is 16.7. The molecule has 0 radical (unpaired) electrons. The van der Waals surface area contributed by atoms with Gasteiger partial charge in [-0.2, -0.15) is 8.42 Å². The van der Waals surface area contributed by atoms with Crippen LogP contribution in [0.2, 0.25) is 0 Å². The van der Waals surface area contributed by atoms with Crippen molar-refractivity contribution in [2.75, 3.05) is 0 Å². The maximum Gasteiger partial charge on any atom is 0.270 e. The third-order valence-electron chi connectivity index (χ3n) is 10.1. The third kappa shape index (κ3) is 8.93. The molecule has 0 amide bonds. The molecule has 0 aromatic heterocycles. The van der Waals surface area contributed by atoms with E-state index in [0.29, 0.717) is 36.0 Å². The molecular weight excluding hydrogens is 492 g/mol. The van der Waals surface area contributed by atoms with E-state index in [1.54, 1.807) is 13.8 Å². The molecule has 5 heteroatoms. The molecule has 0 aromatic rings. The first kappa shape index (κ1) is 35.9. The number of rotatable bonds is 13. The molecule has 0 spiro atoms. The summed E-state index contributed by atoms with van der Waals surface area (Å²) in [5, 5.41) is 12.1. The van der Waals surface area contributed by atoms with Crippen molar-refractivity contribution in [1.82, 2.24) is 0 Å². The van der Waals surface area contributed by atoms with Crippen LogP contribution in [-0.4, -0.2) is 28.4 Å². The Morgan fingerprint density at radius 2 is 0.921 bits per heavy atom. The van der Waals surface area contributed by atoms with Crippen LogP contribution in [0.25, 0.3) is 0 Å². The van der Waals surface area contributed by atoms with Crippen LogP contribution in [0, 0.1) is 57.7 Å². The van der Waals surface area contributed by atoms with Crippen LogP contribution in [-0.2, 0) is 10.1 Å². The van der Waals surface area contributed by atoms with Crippen LogP contribution in [0.3, 0.4) is 0 Å². The van der Waals surface area contributed by atoms with Gasteiger partial charge in [0.15, 0.2) is 0 Å². The Kier molecular flexibility index (Phi) is 11.3. The zero-order valence-electron chi connectivity index (χ0n) is 27.9. The number of hydrogen-bond donors (Lipinski definition) is 2. The second kappa shape index (κ2) is 12.0. The first-order valence-corrected chi connectivity index (χ1v) is 16.8. The van der Waals surface area contributed by atoms with Crippen LogP contribution in [0.5, 0.6) is 0 Å². The summed E-state index contributed by atoms with van der Waals surface area (Å²) < 4.78 is 33.7. The highest BCUT2D eigenvalue weighted by Gasteiger charge is 2.56. The summed E-state index contributed by atoms with van der Waals surface area (Å²) in [5.41, 5.74) is -0.987. The summed E-state index contributed by atoms with van der Waals surface area (Å²) in [6, 6.07) is 0. The largest absolute Gasteiger partial charge is 0.390 e. The van der Waals surface area contributed by atoms with Crippen molar-refractivity contribution < 1.29 is 18.1 Å². The van der Waals surface area contributed by atoms with Gasteiger partial charge in [0, 0.05) is 0 Å². The van der Waals surface area contributed by atoms with Gasteiger partial charge in [-0.25, -0.2) is 0 Å². The molecule has 0 saturated heterocycles. The van der Waals surface area contributed by atoms with Crippen LogP contribution in [0.4, 0.5) is 0 Å². The highest BCUT2D eigenvalue weighted by atomic mass is 32.2. The molecule has 0 bridgehead atoms. The van der Waals surface area contributed by atoms with E-state index >= 15 is 0 Å². The molecule has 0 aromatic carbocycles. The minimum Gasteiger partial charge on any atom is -0.390 e. The van der Waals surface area contributed by atoms with Crippen LogP contribution < -0.4 is 0 Å². The van der Waals surface area contributed by atoms with Crippen molar-refractivity contribution in [2.24, 2.45) is 57.7 Å². The lowest BCUT2D eigenvalue weighted by Crippen LogP contribution is -2.55. The molecule has 1 aliphatic rings. The highest BCUT2D eigenvalue weighted by molar-refractivity contribution is 7.87. The molecule has 5 unspecified atom stereocenters. The summed E-state index contributed by atoms with van der Waals surface area (Å²) in [7, 11) is -4.19. The number of hydrogen-bond acceptors (Lipinski definition) is 3. The normalized spacial score (nSPS) is 26.3. The lowest BCUT2D eigenvalue weighted by atomic mass is 9.46. The third-order valence-corrected chi connectivity index (χ3v) is 11.6. The van der Waals surface area contributed by atoms with Crippen LogP contribution >= 0.6 is 0 Å². The van der Waals surface area contributed by atoms with Crippen molar-refractivity contribution in [1.29, 1.82) is 0 Å². The Morgan fingerprint density at radius 3 is 1.26 bits per heavy atom. The SMILES string of the molecule is CC(C)CC(C)(C)C1CC(C(C)(O)CC(C)C)C(C(C)(C)CC(C)C)CC1C(C)(C)CC(C)(C)S(=O)(=O)O. The molecule has 1 saturated carbocycles. The van der Waals surface area contributed by atoms with Gasteiger partial charge in [-0.05, 0) is 117 Å².